The van der Waals surface area contributed by atoms with E-state index in [-0.39, 0.29) is 0 Å². The van der Waals surface area contributed by atoms with Gasteiger partial charge in [0.1, 0.15) is 5.54 Å². The second kappa shape index (κ2) is 7.23. The lowest BCUT2D eigenvalue weighted by Gasteiger charge is -2.40. The van der Waals surface area contributed by atoms with Crippen molar-refractivity contribution in [2.45, 2.75) is 57.7 Å². The molecule has 1 aliphatic rings. The first kappa shape index (κ1) is 16.4. The second-order valence-electron chi connectivity index (χ2n) is 6.08. The summed E-state index contributed by atoms with van der Waals surface area (Å²) in [4.78, 5) is 4.99. The minimum Gasteiger partial charge on any atom is -0.303 e. The van der Waals surface area contributed by atoms with Crippen molar-refractivity contribution in [2.24, 2.45) is 0 Å². The van der Waals surface area contributed by atoms with Gasteiger partial charge in [-0.3, -0.25) is 0 Å². The highest BCUT2D eigenvalue weighted by Gasteiger charge is 2.30. The first-order valence-electron chi connectivity index (χ1n) is 7.50. The van der Waals surface area contributed by atoms with Crippen LogP contribution in [0.2, 0.25) is 0 Å². The van der Waals surface area contributed by atoms with E-state index in [2.05, 4.69) is 42.1 Å². The van der Waals surface area contributed by atoms with E-state index in [9.17, 15) is 5.26 Å². The van der Waals surface area contributed by atoms with Gasteiger partial charge < -0.3 is 15.1 Å². The molecule has 110 valence electrons. The van der Waals surface area contributed by atoms with Crippen molar-refractivity contribution in [1.29, 1.82) is 5.26 Å². The summed E-state index contributed by atoms with van der Waals surface area (Å²) in [7, 11) is 4.08. The minimum absolute atomic E-state index is 0.419. The van der Waals surface area contributed by atoms with Crippen molar-refractivity contribution in [1.82, 2.24) is 15.1 Å². The molecule has 0 aliphatic carbocycles. The molecule has 0 radical (unpaired) electrons. The molecule has 19 heavy (non-hydrogen) atoms. The van der Waals surface area contributed by atoms with Crippen molar-refractivity contribution >= 4 is 0 Å². The third-order valence-corrected chi connectivity index (χ3v) is 4.78. The van der Waals surface area contributed by atoms with Crippen LogP contribution >= 0.6 is 0 Å². The standard InChI is InChI=1S/C15H30N4/c1-6-19-9-7-14(8-10-19)18(5)13(2)11-15(3,12-16)17-4/h13-14,17H,6-11H2,1-5H3. The van der Waals surface area contributed by atoms with Gasteiger partial charge in [-0.05, 0) is 66.8 Å². The molecule has 0 aromatic carbocycles. The molecule has 0 spiro atoms. The smallest absolute Gasteiger partial charge is 0.105 e. The number of nitrogens with one attached hydrogen (secondary N) is 1. The largest absolute Gasteiger partial charge is 0.303 e. The lowest BCUT2D eigenvalue weighted by atomic mass is 9.93. The molecule has 0 bridgehead atoms. The Bertz CT molecular complexity index is 304. The van der Waals surface area contributed by atoms with Crippen LogP contribution in [-0.4, -0.2) is 61.2 Å². The highest BCUT2D eigenvalue weighted by atomic mass is 15.2. The van der Waals surface area contributed by atoms with Crippen molar-refractivity contribution < 1.29 is 0 Å². The third-order valence-electron chi connectivity index (χ3n) is 4.78. The molecule has 1 rings (SSSR count). The summed E-state index contributed by atoms with van der Waals surface area (Å²) in [6, 6.07) is 3.48. The lowest BCUT2D eigenvalue weighted by molar-refractivity contribution is 0.0938. The van der Waals surface area contributed by atoms with E-state index in [1.54, 1.807) is 0 Å². The number of hydrogen-bond donors (Lipinski definition) is 1. The van der Waals surface area contributed by atoms with Crippen LogP contribution in [0, 0.1) is 11.3 Å². The number of rotatable bonds is 6. The van der Waals surface area contributed by atoms with E-state index in [0.29, 0.717) is 12.1 Å². The summed E-state index contributed by atoms with van der Waals surface area (Å²) in [6.45, 7) is 10.0. The highest BCUT2D eigenvalue weighted by molar-refractivity contribution is 5.04. The van der Waals surface area contributed by atoms with E-state index in [0.717, 1.165) is 13.0 Å². The van der Waals surface area contributed by atoms with Crippen LogP contribution in [0.3, 0.4) is 0 Å². The fourth-order valence-corrected chi connectivity index (χ4v) is 2.94. The number of piperidine rings is 1. The van der Waals surface area contributed by atoms with Gasteiger partial charge in [-0.2, -0.15) is 5.26 Å². The van der Waals surface area contributed by atoms with Gasteiger partial charge in [-0.1, -0.05) is 6.92 Å². The summed E-state index contributed by atoms with van der Waals surface area (Å²) in [5.74, 6) is 0. The molecule has 0 saturated carbocycles. The molecule has 2 unspecified atom stereocenters. The molecule has 2 atom stereocenters. The molecule has 0 aromatic heterocycles. The van der Waals surface area contributed by atoms with Crippen LogP contribution in [0.1, 0.15) is 40.0 Å². The Labute approximate surface area is 118 Å². The maximum atomic E-state index is 9.26. The van der Waals surface area contributed by atoms with Crippen LogP contribution in [0.5, 0.6) is 0 Å². The molecule has 4 heteroatoms. The maximum Gasteiger partial charge on any atom is 0.105 e. The summed E-state index contributed by atoms with van der Waals surface area (Å²) in [5, 5.41) is 12.4. The summed E-state index contributed by atoms with van der Waals surface area (Å²) >= 11 is 0. The van der Waals surface area contributed by atoms with E-state index in [1.165, 1.54) is 25.9 Å². The molecule has 0 aromatic rings. The van der Waals surface area contributed by atoms with E-state index in [1.807, 2.05) is 14.0 Å². The van der Waals surface area contributed by atoms with Crippen LogP contribution < -0.4 is 5.32 Å². The van der Waals surface area contributed by atoms with E-state index < -0.39 is 5.54 Å². The number of likely N-dealkylation sites (tertiary alicyclic amines) is 1. The molecule has 4 nitrogen and oxygen atoms in total. The van der Waals surface area contributed by atoms with Gasteiger partial charge in [0.2, 0.25) is 0 Å². The van der Waals surface area contributed by atoms with Crippen molar-refractivity contribution in [3.63, 3.8) is 0 Å². The molecule has 0 amide bonds. The quantitative estimate of drug-likeness (QED) is 0.794. The van der Waals surface area contributed by atoms with Gasteiger partial charge in [0.25, 0.3) is 0 Å². The first-order chi connectivity index (χ1) is 8.95. The molecule has 1 fully saturated rings. The van der Waals surface area contributed by atoms with Crippen molar-refractivity contribution in [2.75, 3.05) is 33.7 Å². The number of nitriles is 1. The zero-order valence-electron chi connectivity index (χ0n) is 13.2. The van der Waals surface area contributed by atoms with Gasteiger partial charge in [-0.15, -0.1) is 0 Å². The van der Waals surface area contributed by atoms with Crippen LogP contribution in [-0.2, 0) is 0 Å². The first-order valence-corrected chi connectivity index (χ1v) is 7.50. The SMILES string of the molecule is CCN1CCC(N(C)C(C)CC(C)(C#N)NC)CC1. The fourth-order valence-electron chi connectivity index (χ4n) is 2.94. The van der Waals surface area contributed by atoms with Gasteiger partial charge in [0.05, 0.1) is 6.07 Å². The van der Waals surface area contributed by atoms with Crippen LogP contribution in [0.15, 0.2) is 0 Å². The van der Waals surface area contributed by atoms with Gasteiger partial charge in [0.15, 0.2) is 0 Å². The van der Waals surface area contributed by atoms with Gasteiger partial charge in [-0.25, -0.2) is 0 Å². The minimum atomic E-state index is -0.419. The molecule has 1 aliphatic heterocycles. The molecule has 1 heterocycles. The van der Waals surface area contributed by atoms with Crippen LogP contribution in [0.4, 0.5) is 0 Å². The fraction of sp³-hybridized carbons (Fsp3) is 0.933. The number of hydrogen-bond acceptors (Lipinski definition) is 4. The summed E-state index contributed by atoms with van der Waals surface area (Å²) in [6.07, 6.45) is 3.36. The van der Waals surface area contributed by atoms with E-state index >= 15 is 0 Å². The van der Waals surface area contributed by atoms with Gasteiger partial charge >= 0.3 is 0 Å². The predicted octanol–water partition coefficient (Wildman–Crippen LogP) is 1.68. The predicted molar refractivity (Wildman–Crippen MR) is 80.1 cm³/mol. The van der Waals surface area contributed by atoms with Gasteiger partial charge in [0, 0.05) is 12.1 Å². The molecule has 1 N–H and O–H groups in total. The third kappa shape index (κ3) is 4.45. The van der Waals surface area contributed by atoms with Crippen LogP contribution in [0.25, 0.3) is 0 Å². The number of nitrogens with zero attached hydrogens (tertiary/aromatic N) is 3. The monoisotopic (exact) mass is 266 g/mol. The second-order valence-corrected chi connectivity index (χ2v) is 6.08. The Morgan fingerprint density at radius 3 is 2.47 bits per heavy atom. The average Bonchev–Trinajstić information content (AvgIpc) is 2.46. The lowest BCUT2D eigenvalue weighted by Crippen LogP contribution is -2.50. The molecule has 1 saturated heterocycles. The average molecular weight is 266 g/mol. The Hall–Kier alpha value is -0.630. The Kier molecular flexibility index (Phi) is 6.25. The Morgan fingerprint density at radius 2 is 2.05 bits per heavy atom. The van der Waals surface area contributed by atoms with Crippen molar-refractivity contribution in [3.05, 3.63) is 0 Å². The molecular formula is C15H30N4. The topological polar surface area (TPSA) is 42.3 Å². The Morgan fingerprint density at radius 1 is 1.47 bits per heavy atom. The van der Waals surface area contributed by atoms with E-state index in [4.69, 9.17) is 0 Å². The summed E-state index contributed by atoms with van der Waals surface area (Å²) < 4.78 is 0. The normalized spacial score (nSPS) is 23.0. The highest BCUT2D eigenvalue weighted by Crippen LogP contribution is 2.21. The van der Waals surface area contributed by atoms with Crippen molar-refractivity contribution in [3.8, 4) is 6.07 Å². The zero-order chi connectivity index (χ0) is 14.5. The maximum absolute atomic E-state index is 9.26. The zero-order valence-corrected chi connectivity index (χ0v) is 13.2. The molecular weight excluding hydrogens is 236 g/mol. The summed E-state index contributed by atoms with van der Waals surface area (Å²) in [5.41, 5.74) is -0.419. The Balaban J connectivity index is 2.49.